The number of aliphatic hydroxyl groups excluding tert-OH is 1. The van der Waals surface area contributed by atoms with Gasteiger partial charge in [0.15, 0.2) is 0 Å². The molecule has 0 spiro atoms. The van der Waals surface area contributed by atoms with E-state index in [9.17, 15) is 13.6 Å². The molecule has 3 unspecified atom stereocenters. The number of aliphatic hydroxyl groups is 1. The summed E-state index contributed by atoms with van der Waals surface area (Å²) in [6.07, 6.45) is -1.82. The molecule has 1 amide bonds. The van der Waals surface area contributed by atoms with Crippen LogP contribution in [0.3, 0.4) is 0 Å². The normalized spacial score (nSPS) is 27.3. The van der Waals surface area contributed by atoms with Crippen molar-refractivity contribution < 1.29 is 18.7 Å². The second-order valence-electron chi connectivity index (χ2n) is 3.41. The maximum absolute atomic E-state index is 12.4. The zero-order valence-corrected chi connectivity index (χ0v) is 8.14. The third-order valence-electron chi connectivity index (χ3n) is 2.21. The van der Waals surface area contributed by atoms with Gasteiger partial charge in [-0.2, -0.15) is 0 Å². The van der Waals surface area contributed by atoms with Crippen LogP contribution in [0.15, 0.2) is 0 Å². The Kier molecular flexibility index (Phi) is 4.23. The minimum atomic E-state index is -2.67. The van der Waals surface area contributed by atoms with Crippen molar-refractivity contribution in [2.45, 2.75) is 30.9 Å². The number of hydrogen-bond acceptors (Lipinski definition) is 3. The summed E-state index contributed by atoms with van der Waals surface area (Å²) in [6, 6.07) is -0.990. The highest BCUT2D eigenvalue weighted by molar-refractivity contribution is 5.85. The summed E-state index contributed by atoms with van der Waals surface area (Å²) in [5, 5.41) is 9.00. The van der Waals surface area contributed by atoms with E-state index in [0.29, 0.717) is 0 Å². The van der Waals surface area contributed by atoms with E-state index in [1.54, 1.807) is 0 Å². The summed E-state index contributed by atoms with van der Waals surface area (Å²) in [5.74, 6) is -4.46. The number of halogens is 3. The summed E-state index contributed by atoms with van der Waals surface area (Å²) in [4.78, 5) is 10.4. The highest BCUT2D eigenvalue weighted by Crippen LogP contribution is 2.51. The molecule has 0 aromatic carbocycles. The summed E-state index contributed by atoms with van der Waals surface area (Å²) in [5.41, 5.74) is 10.0. The van der Waals surface area contributed by atoms with Crippen molar-refractivity contribution in [3.63, 3.8) is 0 Å². The zero-order valence-electron chi connectivity index (χ0n) is 7.32. The van der Waals surface area contributed by atoms with Gasteiger partial charge in [0.25, 0.3) is 5.92 Å². The van der Waals surface area contributed by atoms with Crippen LogP contribution in [0.2, 0.25) is 0 Å². The van der Waals surface area contributed by atoms with E-state index in [-0.39, 0.29) is 25.2 Å². The first-order chi connectivity index (χ1) is 5.84. The smallest absolute Gasteiger partial charge is 0.251 e. The van der Waals surface area contributed by atoms with Gasteiger partial charge in [0.05, 0.1) is 0 Å². The number of carbonyl (C=O) groups excluding carboxylic acids is 1. The lowest BCUT2D eigenvalue weighted by Crippen LogP contribution is -2.44. The topological polar surface area (TPSA) is 89.3 Å². The highest BCUT2D eigenvalue weighted by Gasteiger charge is 2.57. The fourth-order valence-electron chi connectivity index (χ4n) is 1.19. The van der Waals surface area contributed by atoms with E-state index in [1.165, 1.54) is 0 Å². The van der Waals surface area contributed by atoms with Crippen molar-refractivity contribution in [2.24, 2.45) is 17.4 Å². The van der Waals surface area contributed by atoms with Gasteiger partial charge < -0.3 is 16.6 Å². The third-order valence-corrected chi connectivity index (χ3v) is 2.21. The Labute approximate surface area is 86.0 Å². The molecule has 0 aromatic rings. The number of rotatable bonds is 4. The Hall–Kier alpha value is -0.460. The number of hydrogen-bond donors (Lipinski definition) is 3. The monoisotopic (exact) mass is 230 g/mol. The van der Waals surface area contributed by atoms with Crippen LogP contribution in [-0.4, -0.2) is 29.1 Å². The molecule has 7 heteroatoms. The molecule has 1 aliphatic carbocycles. The summed E-state index contributed by atoms with van der Waals surface area (Å²) >= 11 is 0. The van der Waals surface area contributed by atoms with Crippen LogP contribution in [0.25, 0.3) is 0 Å². The van der Waals surface area contributed by atoms with Crippen molar-refractivity contribution in [3.8, 4) is 0 Å². The van der Waals surface area contributed by atoms with Gasteiger partial charge in [-0.15, -0.1) is 12.4 Å². The molecule has 0 aliphatic heterocycles. The number of nitrogens with two attached hydrogens (primary N) is 2. The number of amides is 1. The molecular formula is C7H13ClF2N2O2. The van der Waals surface area contributed by atoms with Crippen LogP contribution in [0, 0.1) is 5.92 Å². The molecule has 1 aliphatic rings. The van der Waals surface area contributed by atoms with Crippen LogP contribution in [0.4, 0.5) is 8.78 Å². The first-order valence-electron chi connectivity index (χ1n) is 3.95. The van der Waals surface area contributed by atoms with Gasteiger partial charge in [-0.05, 0) is 6.42 Å². The van der Waals surface area contributed by atoms with Gasteiger partial charge in [0, 0.05) is 18.4 Å². The summed E-state index contributed by atoms with van der Waals surface area (Å²) in [6.45, 7) is 0. The molecule has 3 atom stereocenters. The predicted molar refractivity (Wildman–Crippen MR) is 48.1 cm³/mol. The third kappa shape index (κ3) is 3.04. The fraction of sp³-hybridized carbons (Fsp3) is 0.857. The van der Waals surface area contributed by atoms with Crippen LogP contribution in [0.1, 0.15) is 12.8 Å². The molecule has 84 valence electrons. The summed E-state index contributed by atoms with van der Waals surface area (Å²) < 4.78 is 24.7. The van der Waals surface area contributed by atoms with E-state index in [4.69, 9.17) is 16.6 Å². The fourth-order valence-corrected chi connectivity index (χ4v) is 1.19. The molecule has 0 aromatic heterocycles. The predicted octanol–water partition coefficient (Wildman–Crippen LogP) is -0.373. The molecule has 4 nitrogen and oxygen atoms in total. The maximum atomic E-state index is 12.4. The molecule has 5 N–H and O–H groups in total. The largest absolute Gasteiger partial charge is 0.382 e. The van der Waals surface area contributed by atoms with Crippen molar-refractivity contribution >= 4 is 18.3 Å². The standard InChI is InChI=1S/C7H12F2N2O2.ClH/c8-7(9)2-3(7)1-4(10)5(12)6(11)13;/h3-5,12H,1-2,10H2,(H2,11,13);1H. The lowest BCUT2D eigenvalue weighted by Gasteiger charge is -2.14. The molecule has 0 radical (unpaired) electrons. The molecule has 0 heterocycles. The van der Waals surface area contributed by atoms with E-state index in [0.717, 1.165) is 0 Å². The van der Waals surface area contributed by atoms with Crippen molar-refractivity contribution in [1.29, 1.82) is 0 Å². The molecule has 14 heavy (non-hydrogen) atoms. The SMILES string of the molecule is Cl.NC(=O)C(O)C(N)CC1CC1(F)F. The van der Waals surface area contributed by atoms with Gasteiger partial charge in [-0.25, -0.2) is 8.78 Å². The Morgan fingerprint density at radius 2 is 2.07 bits per heavy atom. The van der Waals surface area contributed by atoms with Gasteiger partial charge in [0.1, 0.15) is 6.10 Å². The second-order valence-corrected chi connectivity index (χ2v) is 3.41. The number of carbonyl (C=O) groups is 1. The van der Waals surface area contributed by atoms with E-state index in [2.05, 4.69) is 0 Å². The second kappa shape index (κ2) is 4.37. The Bertz CT molecular complexity index is 228. The molecular weight excluding hydrogens is 218 g/mol. The number of alkyl halides is 2. The summed E-state index contributed by atoms with van der Waals surface area (Å²) in [7, 11) is 0. The highest BCUT2D eigenvalue weighted by atomic mass is 35.5. The quantitative estimate of drug-likeness (QED) is 0.616. The van der Waals surface area contributed by atoms with Crippen LogP contribution >= 0.6 is 12.4 Å². The minimum absolute atomic E-state index is 0. The molecule has 0 bridgehead atoms. The lowest BCUT2D eigenvalue weighted by molar-refractivity contribution is -0.127. The van der Waals surface area contributed by atoms with Gasteiger partial charge in [0.2, 0.25) is 5.91 Å². The molecule has 1 saturated carbocycles. The maximum Gasteiger partial charge on any atom is 0.251 e. The molecule has 1 rings (SSSR count). The average Bonchev–Trinajstić information content (AvgIpc) is 2.56. The van der Waals surface area contributed by atoms with Gasteiger partial charge in [-0.3, -0.25) is 4.79 Å². The van der Waals surface area contributed by atoms with Crippen LogP contribution in [-0.2, 0) is 4.79 Å². The first kappa shape index (κ1) is 13.5. The average molecular weight is 231 g/mol. The van der Waals surface area contributed by atoms with Crippen molar-refractivity contribution in [1.82, 2.24) is 0 Å². The minimum Gasteiger partial charge on any atom is -0.382 e. The number of primary amides is 1. The van der Waals surface area contributed by atoms with Crippen molar-refractivity contribution in [2.75, 3.05) is 0 Å². The van der Waals surface area contributed by atoms with E-state index in [1.807, 2.05) is 0 Å². The lowest BCUT2D eigenvalue weighted by atomic mass is 10.1. The van der Waals surface area contributed by atoms with Crippen LogP contribution < -0.4 is 11.5 Å². The zero-order chi connectivity index (χ0) is 10.2. The van der Waals surface area contributed by atoms with Crippen molar-refractivity contribution in [3.05, 3.63) is 0 Å². The Balaban J connectivity index is 0.00000169. The van der Waals surface area contributed by atoms with Gasteiger partial charge in [-0.1, -0.05) is 0 Å². The molecule has 0 saturated heterocycles. The Morgan fingerprint density at radius 1 is 1.64 bits per heavy atom. The Morgan fingerprint density at radius 3 is 2.36 bits per heavy atom. The van der Waals surface area contributed by atoms with Crippen LogP contribution in [0.5, 0.6) is 0 Å². The first-order valence-corrected chi connectivity index (χ1v) is 3.95. The molecule has 1 fully saturated rings. The van der Waals surface area contributed by atoms with Gasteiger partial charge >= 0.3 is 0 Å². The van der Waals surface area contributed by atoms with E-state index >= 15 is 0 Å². The van der Waals surface area contributed by atoms with E-state index < -0.39 is 29.9 Å².